The number of hydrazine groups is 2. The molecule has 2 atom stereocenters. The average Bonchev–Trinajstić information content (AvgIpc) is 3.72. The van der Waals surface area contributed by atoms with E-state index in [0.717, 1.165) is 24.8 Å². The van der Waals surface area contributed by atoms with Crippen molar-refractivity contribution in [1.29, 1.82) is 5.26 Å². The lowest BCUT2D eigenvalue weighted by molar-refractivity contribution is 0.260. The van der Waals surface area contributed by atoms with E-state index in [1.165, 1.54) is 0 Å². The molecule has 0 unspecified atom stereocenters. The van der Waals surface area contributed by atoms with Crippen LogP contribution in [-0.2, 0) is 0 Å². The lowest BCUT2D eigenvalue weighted by Crippen LogP contribution is -2.38. The molecule has 0 bridgehead atoms. The van der Waals surface area contributed by atoms with Crippen LogP contribution in [-0.4, -0.2) is 21.0 Å². The van der Waals surface area contributed by atoms with Gasteiger partial charge in [0.25, 0.3) is 0 Å². The van der Waals surface area contributed by atoms with Crippen LogP contribution >= 0.6 is 11.6 Å². The molecule has 6 rings (SSSR count). The van der Waals surface area contributed by atoms with Gasteiger partial charge in [-0.25, -0.2) is 0 Å². The van der Waals surface area contributed by atoms with E-state index in [1.807, 2.05) is 47.6 Å². The minimum Gasteiger partial charge on any atom is -0.377 e. The Morgan fingerprint density at radius 3 is 2.69 bits per heavy atom. The normalized spacial score (nSPS) is 17.4. The minimum atomic E-state index is -1.41. The van der Waals surface area contributed by atoms with Crippen LogP contribution in [0.15, 0.2) is 85.1 Å². The molecular weight excluding hydrogens is 508 g/mol. The summed E-state index contributed by atoms with van der Waals surface area (Å²) < 4.78 is 9.64. The monoisotopic (exact) mass is 537 g/mol. The number of nitriles is 1. The van der Waals surface area contributed by atoms with Gasteiger partial charge in [-0.05, 0) is 48.6 Å². The zero-order chi connectivity index (χ0) is 27.7. The maximum Gasteiger partial charge on any atom is 0.103 e. The number of nitrogens with one attached hydrogen (secondary N) is 4. The fourth-order valence-corrected chi connectivity index (χ4v) is 5.08. The van der Waals surface area contributed by atoms with Gasteiger partial charge < -0.3 is 16.1 Å². The first-order chi connectivity index (χ1) is 19.5. The first-order valence-corrected chi connectivity index (χ1v) is 13.4. The third kappa shape index (κ3) is 5.19. The van der Waals surface area contributed by atoms with Crippen LogP contribution in [0.2, 0.25) is 5.02 Å². The van der Waals surface area contributed by atoms with Crippen molar-refractivity contribution in [2.75, 3.05) is 10.6 Å². The van der Waals surface area contributed by atoms with E-state index in [9.17, 15) is 6.63 Å². The van der Waals surface area contributed by atoms with Crippen LogP contribution in [0.4, 0.5) is 11.4 Å². The number of hydrogen-bond acceptors (Lipinski definition) is 8. The van der Waals surface area contributed by atoms with Gasteiger partial charge in [-0.3, -0.25) is 15.0 Å². The van der Waals surface area contributed by atoms with Gasteiger partial charge >= 0.3 is 0 Å². The van der Waals surface area contributed by atoms with E-state index in [1.54, 1.807) is 24.7 Å². The van der Waals surface area contributed by atoms with Crippen molar-refractivity contribution in [2.24, 2.45) is 0 Å². The van der Waals surface area contributed by atoms with Crippen LogP contribution in [0.1, 0.15) is 56.3 Å². The molecule has 0 saturated heterocycles. The van der Waals surface area contributed by atoms with Gasteiger partial charge in [-0.15, -0.1) is 5.53 Å². The number of rotatable bonds is 9. The molecule has 3 heterocycles. The van der Waals surface area contributed by atoms with Crippen molar-refractivity contribution in [3.63, 3.8) is 0 Å². The van der Waals surface area contributed by atoms with E-state index >= 15 is 0 Å². The van der Waals surface area contributed by atoms with Crippen molar-refractivity contribution in [3.8, 4) is 6.07 Å². The molecule has 1 aliphatic heterocycles. The molecule has 8 nitrogen and oxygen atoms in total. The van der Waals surface area contributed by atoms with Gasteiger partial charge in [-0.1, -0.05) is 54.9 Å². The van der Waals surface area contributed by atoms with Crippen molar-refractivity contribution < 1.29 is 1.37 Å². The third-order valence-corrected chi connectivity index (χ3v) is 7.28. The number of fused-ring (bicyclic) bond motifs is 1. The second-order valence-electron chi connectivity index (χ2n) is 9.69. The average molecular weight is 538 g/mol. The maximum atomic E-state index is 9.98. The summed E-state index contributed by atoms with van der Waals surface area (Å²) in [7, 11) is 0. The highest BCUT2D eigenvalue weighted by Crippen LogP contribution is 2.38. The van der Waals surface area contributed by atoms with Gasteiger partial charge in [0.15, 0.2) is 0 Å². The second kappa shape index (κ2) is 10.8. The van der Waals surface area contributed by atoms with E-state index in [2.05, 4.69) is 56.7 Å². The SMILES string of the molecule is [2H][C@](Nc1cc(Cl)c2ncc(C#N)c(N[C@H](CC)c3ccccc3)c2c1)(C1=CN(C2CC2)NN1)c1cccnc1. The van der Waals surface area contributed by atoms with Gasteiger partial charge in [0.05, 0.1) is 40.9 Å². The zero-order valence-electron chi connectivity index (χ0n) is 22.4. The van der Waals surface area contributed by atoms with E-state index in [-0.39, 0.29) is 6.04 Å². The molecule has 1 saturated carbocycles. The molecule has 9 heteroatoms. The molecule has 0 spiro atoms. The van der Waals surface area contributed by atoms with Gasteiger partial charge in [0.2, 0.25) is 0 Å². The highest BCUT2D eigenvalue weighted by atomic mass is 35.5. The highest BCUT2D eigenvalue weighted by molar-refractivity contribution is 6.35. The molecule has 4 aromatic rings. The molecule has 0 amide bonds. The predicted molar refractivity (Wildman–Crippen MR) is 154 cm³/mol. The van der Waals surface area contributed by atoms with Crippen LogP contribution in [0.5, 0.6) is 0 Å². The Morgan fingerprint density at radius 1 is 1.15 bits per heavy atom. The molecule has 4 N–H and O–H groups in total. The molecule has 0 radical (unpaired) electrons. The summed E-state index contributed by atoms with van der Waals surface area (Å²) in [6.45, 7) is 2.10. The second-order valence-corrected chi connectivity index (χ2v) is 10.1. The fraction of sp³-hybridized carbons (Fsp3) is 0.233. The molecule has 2 aliphatic rings. The summed E-state index contributed by atoms with van der Waals surface area (Å²) in [6.07, 6.45) is 9.88. The highest BCUT2D eigenvalue weighted by Gasteiger charge is 2.32. The Hall–Kier alpha value is -4.32. The molecule has 2 aromatic heterocycles. The van der Waals surface area contributed by atoms with Crippen LogP contribution in [0.25, 0.3) is 10.9 Å². The Labute approximate surface area is 234 Å². The number of halogens is 1. The number of hydrogen-bond donors (Lipinski definition) is 4. The molecular formula is C30H29ClN8. The Morgan fingerprint density at radius 2 is 1.97 bits per heavy atom. The number of nitrogens with zero attached hydrogens (tertiary/aromatic N) is 4. The van der Waals surface area contributed by atoms with Gasteiger partial charge in [0, 0.05) is 41.9 Å². The lowest BCUT2D eigenvalue weighted by atomic mass is 10.0. The van der Waals surface area contributed by atoms with Crippen molar-refractivity contribution in [3.05, 3.63) is 107 Å². The minimum absolute atomic E-state index is 0.0210. The lowest BCUT2D eigenvalue weighted by Gasteiger charge is -2.23. The predicted octanol–water partition coefficient (Wildman–Crippen LogP) is 6.20. The molecule has 1 fully saturated rings. The van der Waals surface area contributed by atoms with Crippen LogP contribution < -0.4 is 21.6 Å². The number of benzene rings is 2. The van der Waals surface area contributed by atoms with Crippen molar-refractivity contribution in [2.45, 2.75) is 44.3 Å². The maximum absolute atomic E-state index is 9.98. The van der Waals surface area contributed by atoms with E-state index < -0.39 is 6.02 Å². The first kappa shape index (κ1) is 23.8. The fourth-order valence-electron chi connectivity index (χ4n) is 4.81. The topological polar surface area (TPSA) is 101 Å². The van der Waals surface area contributed by atoms with Gasteiger partial charge in [-0.2, -0.15) is 5.26 Å². The standard InChI is InChI=1S/C30H29ClN8/c1-2-26(19-7-4-3-5-8-19)36-28-21(15-32)17-34-30-24(28)13-22(14-25(30)31)35-29(20-9-6-12-33-16-20)27-18-39(38-37-27)23-10-11-23/h3-9,12-14,16-18,23,26,29,35,37-38H,2,10-11H2,1H3,(H,34,36)/t26-,29-/m1/s1/i29D. The van der Waals surface area contributed by atoms with Gasteiger partial charge in [0.1, 0.15) is 6.07 Å². The van der Waals surface area contributed by atoms with Crippen LogP contribution in [0.3, 0.4) is 0 Å². The third-order valence-electron chi connectivity index (χ3n) is 6.99. The van der Waals surface area contributed by atoms with E-state index in [0.29, 0.717) is 50.2 Å². The van der Waals surface area contributed by atoms with Crippen molar-refractivity contribution in [1.82, 2.24) is 25.9 Å². The Balaban J connectivity index is 1.44. The quantitative estimate of drug-likeness (QED) is 0.200. The summed E-state index contributed by atoms with van der Waals surface area (Å²) in [6, 6.07) is 18.7. The molecule has 196 valence electrons. The first-order valence-electron chi connectivity index (χ1n) is 13.5. The molecule has 2 aromatic carbocycles. The number of anilines is 2. The number of pyridine rings is 2. The summed E-state index contributed by atoms with van der Waals surface area (Å²) >= 11 is 6.79. The Kier molecular flexibility index (Phi) is 6.59. The molecule has 1 aliphatic carbocycles. The summed E-state index contributed by atoms with van der Waals surface area (Å²) in [5, 5.41) is 20.1. The smallest absolute Gasteiger partial charge is 0.103 e. The molecule has 39 heavy (non-hydrogen) atoms. The summed E-state index contributed by atoms with van der Waals surface area (Å²) in [5.41, 5.74) is 11.0. The van der Waals surface area contributed by atoms with Crippen molar-refractivity contribution >= 4 is 33.9 Å². The zero-order valence-corrected chi connectivity index (χ0v) is 22.2. The Bertz CT molecular complexity index is 1600. The summed E-state index contributed by atoms with van der Waals surface area (Å²) in [4.78, 5) is 8.78. The largest absolute Gasteiger partial charge is 0.377 e. The number of aromatic nitrogens is 2. The van der Waals surface area contributed by atoms with E-state index in [4.69, 9.17) is 11.6 Å². The van der Waals surface area contributed by atoms with Crippen LogP contribution in [0, 0.1) is 11.3 Å². The summed E-state index contributed by atoms with van der Waals surface area (Å²) in [5.74, 6) is 0.